The number of rotatable bonds is 5. The number of nitrogens with zero attached hydrogens (tertiary/aromatic N) is 3. The van der Waals surface area contributed by atoms with Gasteiger partial charge in [0.1, 0.15) is 17.3 Å². The quantitative estimate of drug-likeness (QED) is 0.747. The minimum atomic E-state index is 0.180. The van der Waals surface area contributed by atoms with Crippen molar-refractivity contribution in [1.29, 1.82) is 0 Å². The van der Waals surface area contributed by atoms with Crippen molar-refractivity contribution in [3.8, 4) is 0 Å². The maximum absolute atomic E-state index is 4.59. The Hall–Kier alpha value is -2.30. The van der Waals surface area contributed by atoms with Crippen molar-refractivity contribution in [2.45, 2.75) is 25.8 Å². The summed E-state index contributed by atoms with van der Waals surface area (Å²) in [6.07, 6.45) is 7.83. The molecule has 0 bridgehead atoms. The molecule has 3 heterocycles. The predicted octanol–water partition coefficient (Wildman–Crippen LogP) is 3.25. The van der Waals surface area contributed by atoms with Gasteiger partial charge in [-0.1, -0.05) is 13.3 Å². The molecule has 0 aromatic carbocycles. The zero-order chi connectivity index (χ0) is 13.9. The highest BCUT2D eigenvalue weighted by atomic mass is 15.1. The van der Waals surface area contributed by atoms with Crippen LogP contribution in [-0.4, -0.2) is 19.5 Å². The zero-order valence-electron chi connectivity index (χ0n) is 11.8. The molecule has 1 atom stereocenters. The third-order valence-electron chi connectivity index (χ3n) is 3.48. The van der Waals surface area contributed by atoms with Gasteiger partial charge in [0.2, 0.25) is 0 Å². The highest BCUT2D eigenvalue weighted by Crippen LogP contribution is 2.22. The van der Waals surface area contributed by atoms with Gasteiger partial charge in [0.15, 0.2) is 0 Å². The molecule has 0 aliphatic heterocycles. The van der Waals surface area contributed by atoms with E-state index in [2.05, 4.69) is 37.8 Å². The largest absolute Gasteiger partial charge is 0.360 e. The third-order valence-corrected chi connectivity index (χ3v) is 3.48. The summed E-state index contributed by atoms with van der Waals surface area (Å²) in [6, 6.07) is 6.29. The minimum absolute atomic E-state index is 0.180. The highest BCUT2D eigenvalue weighted by molar-refractivity contribution is 5.77. The Bertz CT molecular complexity index is 697. The standard InChI is InChI=1S/C15H19N5/c1-3-4-12(15-17-9-10-20(15)2)18-13-6-5-11-7-8-16-14(11)19-13/h5-10,12H,3-4H2,1-2H3,(H2,16,18,19)/t12-/m0/s1. The third kappa shape index (κ3) is 2.39. The monoisotopic (exact) mass is 269 g/mol. The van der Waals surface area contributed by atoms with Crippen molar-refractivity contribution in [3.63, 3.8) is 0 Å². The topological polar surface area (TPSA) is 58.5 Å². The molecule has 3 aromatic heterocycles. The summed E-state index contributed by atoms with van der Waals surface area (Å²) < 4.78 is 2.06. The zero-order valence-corrected chi connectivity index (χ0v) is 11.8. The van der Waals surface area contributed by atoms with Crippen LogP contribution in [0.1, 0.15) is 31.6 Å². The predicted molar refractivity (Wildman–Crippen MR) is 80.6 cm³/mol. The molecule has 5 nitrogen and oxygen atoms in total. The minimum Gasteiger partial charge on any atom is -0.360 e. The van der Waals surface area contributed by atoms with Crippen LogP contribution < -0.4 is 5.32 Å². The van der Waals surface area contributed by atoms with Crippen LogP contribution in [-0.2, 0) is 7.05 Å². The molecule has 0 fully saturated rings. The van der Waals surface area contributed by atoms with E-state index in [-0.39, 0.29) is 6.04 Å². The van der Waals surface area contributed by atoms with Crippen molar-refractivity contribution < 1.29 is 0 Å². The molecule has 0 unspecified atom stereocenters. The normalized spacial score (nSPS) is 12.7. The Morgan fingerprint density at radius 1 is 1.35 bits per heavy atom. The fourth-order valence-corrected chi connectivity index (χ4v) is 2.46. The van der Waals surface area contributed by atoms with Crippen molar-refractivity contribution in [2.75, 3.05) is 5.32 Å². The van der Waals surface area contributed by atoms with Gasteiger partial charge < -0.3 is 14.9 Å². The lowest BCUT2D eigenvalue weighted by atomic mass is 10.1. The highest BCUT2D eigenvalue weighted by Gasteiger charge is 2.15. The van der Waals surface area contributed by atoms with Gasteiger partial charge >= 0.3 is 0 Å². The molecule has 0 amide bonds. The van der Waals surface area contributed by atoms with E-state index >= 15 is 0 Å². The van der Waals surface area contributed by atoms with Crippen LogP contribution in [0.25, 0.3) is 11.0 Å². The van der Waals surface area contributed by atoms with E-state index in [0.717, 1.165) is 35.5 Å². The van der Waals surface area contributed by atoms with Gasteiger partial charge in [-0.15, -0.1) is 0 Å². The number of fused-ring (bicyclic) bond motifs is 1. The number of nitrogens with one attached hydrogen (secondary N) is 2. The van der Waals surface area contributed by atoms with Gasteiger partial charge in [-0.2, -0.15) is 0 Å². The molecule has 5 heteroatoms. The molecule has 0 saturated carbocycles. The number of hydrogen-bond donors (Lipinski definition) is 2. The van der Waals surface area contributed by atoms with Crippen molar-refractivity contribution >= 4 is 16.9 Å². The van der Waals surface area contributed by atoms with E-state index in [9.17, 15) is 0 Å². The van der Waals surface area contributed by atoms with Crippen LogP contribution in [0.5, 0.6) is 0 Å². The van der Waals surface area contributed by atoms with Crippen LogP contribution in [0.3, 0.4) is 0 Å². The summed E-state index contributed by atoms with van der Waals surface area (Å²) in [5.74, 6) is 1.92. The lowest BCUT2D eigenvalue weighted by Gasteiger charge is -2.18. The van der Waals surface area contributed by atoms with E-state index in [1.165, 1.54) is 0 Å². The number of imidazole rings is 1. The van der Waals surface area contributed by atoms with Gasteiger partial charge in [0, 0.05) is 31.0 Å². The molecule has 0 aliphatic rings. The molecular formula is C15H19N5. The molecule has 20 heavy (non-hydrogen) atoms. The lowest BCUT2D eigenvalue weighted by Crippen LogP contribution is -2.15. The molecule has 0 radical (unpaired) electrons. The molecule has 3 aromatic rings. The van der Waals surface area contributed by atoms with Crippen molar-refractivity contribution in [3.05, 3.63) is 42.6 Å². The average Bonchev–Trinajstić information content (AvgIpc) is 3.06. The number of anilines is 1. The summed E-state index contributed by atoms with van der Waals surface area (Å²) in [7, 11) is 2.02. The van der Waals surface area contributed by atoms with Gasteiger partial charge in [0.05, 0.1) is 6.04 Å². The maximum Gasteiger partial charge on any atom is 0.139 e. The number of aromatic amines is 1. The number of pyridine rings is 1. The van der Waals surface area contributed by atoms with Crippen LogP contribution in [0.15, 0.2) is 36.8 Å². The SMILES string of the molecule is CCC[C@H](Nc1ccc2cc[nH]c2n1)c1nccn1C. The smallest absolute Gasteiger partial charge is 0.139 e. The molecule has 0 spiro atoms. The molecule has 2 N–H and O–H groups in total. The van der Waals surface area contributed by atoms with E-state index in [1.54, 1.807) is 0 Å². The van der Waals surface area contributed by atoms with E-state index in [0.29, 0.717) is 0 Å². The number of H-pyrrole nitrogens is 1. The number of aryl methyl sites for hydroxylation is 1. The van der Waals surface area contributed by atoms with Gasteiger partial charge in [-0.25, -0.2) is 9.97 Å². The molecule has 0 saturated heterocycles. The summed E-state index contributed by atoms with van der Waals surface area (Å²) in [5, 5.41) is 4.62. The Balaban J connectivity index is 1.87. The van der Waals surface area contributed by atoms with E-state index in [4.69, 9.17) is 0 Å². The van der Waals surface area contributed by atoms with Gasteiger partial charge in [0.25, 0.3) is 0 Å². The Labute approximate surface area is 118 Å². The van der Waals surface area contributed by atoms with E-state index < -0.39 is 0 Å². The average molecular weight is 269 g/mol. The second-order valence-electron chi connectivity index (χ2n) is 4.99. The van der Waals surface area contributed by atoms with Gasteiger partial charge in [-0.05, 0) is 24.6 Å². The first-order valence-corrected chi connectivity index (χ1v) is 6.96. The Morgan fingerprint density at radius 2 is 2.25 bits per heavy atom. The second-order valence-corrected chi connectivity index (χ2v) is 4.99. The fourth-order valence-electron chi connectivity index (χ4n) is 2.46. The summed E-state index contributed by atoms with van der Waals surface area (Å²) in [5.41, 5.74) is 0.907. The van der Waals surface area contributed by atoms with Crippen LogP contribution in [0.2, 0.25) is 0 Å². The molecule has 3 rings (SSSR count). The van der Waals surface area contributed by atoms with E-state index in [1.807, 2.05) is 37.8 Å². The summed E-state index contributed by atoms with van der Waals surface area (Å²) in [4.78, 5) is 12.2. The molecular weight excluding hydrogens is 250 g/mol. The van der Waals surface area contributed by atoms with Gasteiger partial charge in [-0.3, -0.25) is 0 Å². The number of aromatic nitrogens is 4. The Kier molecular flexibility index (Phi) is 3.41. The van der Waals surface area contributed by atoms with Crippen LogP contribution >= 0.6 is 0 Å². The van der Waals surface area contributed by atoms with Crippen molar-refractivity contribution in [1.82, 2.24) is 19.5 Å². The van der Waals surface area contributed by atoms with Crippen LogP contribution in [0.4, 0.5) is 5.82 Å². The molecule has 104 valence electrons. The van der Waals surface area contributed by atoms with Crippen molar-refractivity contribution in [2.24, 2.45) is 7.05 Å². The fraction of sp³-hybridized carbons (Fsp3) is 0.333. The Morgan fingerprint density at radius 3 is 3.00 bits per heavy atom. The number of hydrogen-bond acceptors (Lipinski definition) is 3. The maximum atomic E-state index is 4.59. The lowest BCUT2D eigenvalue weighted by molar-refractivity contribution is 0.611. The first-order chi connectivity index (χ1) is 9.78. The first kappa shape index (κ1) is 12.7. The molecule has 0 aliphatic carbocycles. The first-order valence-electron chi connectivity index (χ1n) is 6.96. The second kappa shape index (κ2) is 5.36. The van der Waals surface area contributed by atoms with Crippen LogP contribution in [0, 0.1) is 0 Å². The summed E-state index contributed by atoms with van der Waals surface area (Å²) in [6.45, 7) is 2.18. The summed E-state index contributed by atoms with van der Waals surface area (Å²) >= 11 is 0.